The molecule has 1 amide bonds. The van der Waals surface area contributed by atoms with Crippen LogP contribution in [-0.2, 0) is 11.3 Å². The Hall–Kier alpha value is -1.51. The fourth-order valence-corrected chi connectivity index (χ4v) is 2.39. The number of rotatable bonds is 8. The van der Waals surface area contributed by atoms with E-state index in [4.69, 9.17) is 4.74 Å². The summed E-state index contributed by atoms with van der Waals surface area (Å²) in [5.74, 6) is 1.54. The van der Waals surface area contributed by atoms with Gasteiger partial charge in [0.25, 0.3) is 0 Å². The minimum absolute atomic E-state index is 0. The Morgan fingerprint density at radius 1 is 1.26 bits per heavy atom. The number of carbonyl (C=O) groups is 1. The first-order valence-corrected chi connectivity index (χ1v) is 9.20. The van der Waals surface area contributed by atoms with Gasteiger partial charge in [0.1, 0.15) is 5.75 Å². The monoisotopic (exact) mass is 490 g/mol. The number of nitrogens with zero attached hydrogens (tertiary/aromatic N) is 1. The van der Waals surface area contributed by atoms with Crippen molar-refractivity contribution in [1.29, 1.82) is 0 Å². The first-order chi connectivity index (χ1) is 12.2. The van der Waals surface area contributed by atoms with Crippen molar-refractivity contribution in [2.45, 2.75) is 54.2 Å². The van der Waals surface area contributed by atoms with Gasteiger partial charge in [-0.25, -0.2) is 4.99 Å². The van der Waals surface area contributed by atoms with Crippen LogP contribution in [0, 0.1) is 12.3 Å². The third kappa shape index (κ3) is 8.81. The van der Waals surface area contributed by atoms with Crippen LogP contribution in [0.25, 0.3) is 0 Å². The summed E-state index contributed by atoms with van der Waals surface area (Å²) in [5, 5.41) is 9.17. The molecule has 6 nitrogen and oxygen atoms in total. The van der Waals surface area contributed by atoms with E-state index in [9.17, 15) is 4.79 Å². The molecule has 0 saturated heterocycles. The van der Waals surface area contributed by atoms with Crippen LogP contribution >= 0.6 is 24.0 Å². The van der Waals surface area contributed by atoms with Gasteiger partial charge in [0.05, 0.1) is 18.1 Å². The third-order valence-electron chi connectivity index (χ3n) is 3.88. The number of halogens is 1. The Labute approximate surface area is 181 Å². The van der Waals surface area contributed by atoms with Crippen molar-refractivity contribution in [3.8, 4) is 5.75 Å². The van der Waals surface area contributed by atoms with Crippen molar-refractivity contribution >= 4 is 35.8 Å². The molecule has 154 valence electrons. The Kier molecular flexibility index (Phi) is 11.4. The Bertz CT molecular complexity index is 630. The number of aryl methyl sites for hydroxylation is 1. The smallest absolute Gasteiger partial charge is 0.227 e. The van der Waals surface area contributed by atoms with Crippen molar-refractivity contribution in [1.82, 2.24) is 16.0 Å². The number of ether oxygens (including phenoxy) is 1. The number of carbonyl (C=O) groups excluding carboxylic acids is 1. The number of hydrogen-bond donors (Lipinski definition) is 3. The molecule has 0 aliphatic carbocycles. The molecule has 1 aromatic carbocycles. The lowest BCUT2D eigenvalue weighted by Gasteiger charge is -2.24. The molecule has 0 bridgehead atoms. The molecule has 0 aliphatic rings. The maximum atomic E-state index is 11.9. The van der Waals surface area contributed by atoms with E-state index in [1.165, 1.54) is 0 Å². The molecule has 3 N–H and O–H groups in total. The second kappa shape index (κ2) is 12.0. The number of amides is 1. The predicted octanol–water partition coefficient (Wildman–Crippen LogP) is 3.23. The van der Waals surface area contributed by atoms with Gasteiger partial charge in [-0.3, -0.25) is 4.79 Å². The molecule has 0 aliphatic heterocycles. The van der Waals surface area contributed by atoms with Gasteiger partial charge in [-0.15, -0.1) is 24.0 Å². The molecule has 0 spiro atoms. The van der Waals surface area contributed by atoms with Crippen LogP contribution in [0.2, 0.25) is 0 Å². The molecule has 1 rings (SSSR count). The van der Waals surface area contributed by atoms with E-state index in [2.05, 4.69) is 33.1 Å². The Morgan fingerprint density at radius 3 is 2.48 bits per heavy atom. The summed E-state index contributed by atoms with van der Waals surface area (Å²) < 4.78 is 5.92. The fourth-order valence-electron chi connectivity index (χ4n) is 2.39. The number of guanidine groups is 1. The van der Waals surface area contributed by atoms with Gasteiger partial charge in [-0.05, 0) is 53.2 Å². The number of aliphatic imine (C=N–C) groups is 1. The molecule has 0 unspecified atom stereocenters. The summed E-state index contributed by atoms with van der Waals surface area (Å²) in [5.41, 5.74) is 1.67. The van der Waals surface area contributed by atoms with Gasteiger partial charge in [0.15, 0.2) is 5.96 Å². The molecule has 0 atom stereocenters. The van der Waals surface area contributed by atoms with E-state index in [0.29, 0.717) is 19.0 Å². The SMILES string of the molecule is CCNC(=NCc1ccc(C)cc1OC(C)C)NCC(C)(C)C(=O)NC.I. The summed E-state index contributed by atoms with van der Waals surface area (Å²) in [6.07, 6.45) is 0.110. The molecule has 1 aromatic rings. The summed E-state index contributed by atoms with van der Waals surface area (Å²) in [7, 11) is 1.65. The van der Waals surface area contributed by atoms with Crippen LogP contribution in [0.3, 0.4) is 0 Å². The van der Waals surface area contributed by atoms with Gasteiger partial charge in [-0.2, -0.15) is 0 Å². The Morgan fingerprint density at radius 2 is 1.93 bits per heavy atom. The van der Waals surface area contributed by atoms with Crippen LogP contribution in [0.5, 0.6) is 5.75 Å². The maximum Gasteiger partial charge on any atom is 0.227 e. The number of benzene rings is 1. The summed E-state index contributed by atoms with van der Waals surface area (Å²) in [6.45, 7) is 13.6. The van der Waals surface area contributed by atoms with E-state index in [1.807, 2.05) is 47.6 Å². The van der Waals surface area contributed by atoms with Crippen LogP contribution < -0.4 is 20.7 Å². The highest BCUT2D eigenvalue weighted by atomic mass is 127. The standard InChI is InChI=1S/C20H34N4O2.HI/c1-8-22-19(24-13-20(5,6)18(25)21-7)23-12-16-10-9-15(4)11-17(16)26-14(2)3;/h9-11,14H,8,12-13H2,1-7H3,(H,21,25)(H2,22,23,24);1H. The molecule has 7 heteroatoms. The van der Waals surface area contributed by atoms with Crippen LogP contribution in [0.1, 0.15) is 45.7 Å². The highest BCUT2D eigenvalue weighted by Gasteiger charge is 2.26. The maximum absolute atomic E-state index is 11.9. The lowest BCUT2D eigenvalue weighted by Crippen LogP contribution is -2.47. The first-order valence-electron chi connectivity index (χ1n) is 9.20. The molecular formula is C20H35IN4O2. The topological polar surface area (TPSA) is 74.8 Å². The summed E-state index contributed by atoms with van der Waals surface area (Å²) >= 11 is 0. The second-order valence-corrected chi connectivity index (χ2v) is 7.29. The minimum Gasteiger partial charge on any atom is -0.491 e. The zero-order valence-electron chi connectivity index (χ0n) is 17.6. The second-order valence-electron chi connectivity index (χ2n) is 7.29. The third-order valence-corrected chi connectivity index (χ3v) is 3.88. The highest BCUT2D eigenvalue weighted by molar-refractivity contribution is 14.0. The summed E-state index contributed by atoms with van der Waals surface area (Å²) in [4.78, 5) is 16.6. The van der Waals surface area contributed by atoms with E-state index in [-0.39, 0.29) is 36.0 Å². The van der Waals surface area contributed by atoms with Crippen molar-refractivity contribution in [2.24, 2.45) is 10.4 Å². The number of nitrogens with one attached hydrogen (secondary N) is 3. The van der Waals surface area contributed by atoms with E-state index in [0.717, 1.165) is 23.4 Å². The van der Waals surface area contributed by atoms with E-state index in [1.54, 1.807) is 7.05 Å². The zero-order chi connectivity index (χ0) is 19.7. The van der Waals surface area contributed by atoms with Gasteiger partial charge in [-0.1, -0.05) is 12.1 Å². The van der Waals surface area contributed by atoms with Crippen LogP contribution in [0.4, 0.5) is 0 Å². The van der Waals surface area contributed by atoms with Gasteiger partial charge < -0.3 is 20.7 Å². The molecule has 27 heavy (non-hydrogen) atoms. The molecule has 0 heterocycles. The lowest BCUT2D eigenvalue weighted by atomic mass is 9.92. The van der Waals surface area contributed by atoms with E-state index >= 15 is 0 Å². The lowest BCUT2D eigenvalue weighted by molar-refractivity contribution is -0.128. The van der Waals surface area contributed by atoms with Gasteiger partial charge >= 0.3 is 0 Å². The molecule has 0 aromatic heterocycles. The largest absolute Gasteiger partial charge is 0.491 e. The fraction of sp³-hybridized carbons (Fsp3) is 0.600. The highest BCUT2D eigenvalue weighted by Crippen LogP contribution is 2.22. The molecule has 0 fully saturated rings. The van der Waals surface area contributed by atoms with Gasteiger partial charge in [0, 0.05) is 25.7 Å². The van der Waals surface area contributed by atoms with Crippen molar-refractivity contribution < 1.29 is 9.53 Å². The summed E-state index contributed by atoms with van der Waals surface area (Å²) in [6, 6.07) is 6.15. The van der Waals surface area contributed by atoms with E-state index < -0.39 is 5.41 Å². The van der Waals surface area contributed by atoms with Crippen molar-refractivity contribution in [3.05, 3.63) is 29.3 Å². The van der Waals surface area contributed by atoms with Crippen LogP contribution in [0.15, 0.2) is 23.2 Å². The van der Waals surface area contributed by atoms with Crippen LogP contribution in [-0.4, -0.2) is 38.1 Å². The quantitative estimate of drug-likeness (QED) is 0.297. The predicted molar refractivity (Wildman–Crippen MR) is 123 cm³/mol. The Balaban J connectivity index is 0.00000676. The average molecular weight is 490 g/mol. The molecule has 0 radical (unpaired) electrons. The van der Waals surface area contributed by atoms with Crippen molar-refractivity contribution in [3.63, 3.8) is 0 Å². The normalized spacial score (nSPS) is 11.6. The number of hydrogen-bond acceptors (Lipinski definition) is 3. The van der Waals surface area contributed by atoms with Gasteiger partial charge in [0.2, 0.25) is 5.91 Å². The van der Waals surface area contributed by atoms with Crippen molar-refractivity contribution in [2.75, 3.05) is 20.1 Å². The zero-order valence-corrected chi connectivity index (χ0v) is 19.9. The first kappa shape index (κ1) is 25.5. The molecular weight excluding hydrogens is 455 g/mol. The molecule has 0 saturated carbocycles. The minimum atomic E-state index is -0.527. The average Bonchev–Trinajstić information content (AvgIpc) is 2.57.